The molecule has 2 aliphatic heterocycles. The Kier molecular flexibility index (Phi) is 6.05. The molecule has 2 aliphatic rings. The fourth-order valence-electron chi connectivity index (χ4n) is 2.70. The van der Waals surface area contributed by atoms with Crippen molar-refractivity contribution < 1.29 is 4.79 Å². The lowest BCUT2D eigenvalue weighted by Gasteiger charge is -2.15. The van der Waals surface area contributed by atoms with Crippen LogP contribution < -0.4 is 10.6 Å². The van der Waals surface area contributed by atoms with Gasteiger partial charge >= 0.3 is 0 Å². The van der Waals surface area contributed by atoms with Gasteiger partial charge in [0, 0.05) is 32.1 Å². The third kappa shape index (κ3) is 4.34. The number of carbonyl (C=O) groups is 1. The van der Waals surface area contributed by atoms with Gasteiger partial charge in [-0.1, -0.05) is 24.3 Å². The molecule has 120 valence electrons. The van der Waals surface area contributed by atoms with Crippen molar-refractivity contribution in [3.05, 3.63) is 35.4 Å². The largest absolute Gasteiger partial charge is 0.352 e. The van der Waals surface area contributed by atoms with Gasteiger partial charge in [-0.2, -0.15) is 0 Å². The monoisotopic (exact) mass is 414 g/mol. The first-order valence-electron chi connectivity index (χ1n) is 7.61. The predicted molar refractivity (Wildman–Crippen MR) is 98.2 cm³/mol. The number of nitrogens with one attached hydrogen (secondary N) is 2. The van der Waals surface area contributed by atoms with E-state index in [-0.39, 0.29) is 29.9 Å². The van der Waals surface area contributed by atoms with Crippen molar-refractivity contribution in [2.24, 2.45) is 4.99 Å². The molecular formula is C16H23IN4O. The minimum absolute atomic E-state index is 0. The van der Waals surface area contributed by atoms with Gasteiger partial charge in [0.1, 0.15) is 0 Å². The van der Waals surface area contributed by atoms with Crippen LogP contribution in [0.3, 0.4) is 0 Å². The highest BCUT2D eigenvalue weighted by atomic mass is 127. The van der Waals surface area contributed by atoms with E-state index in [2.05, 4.69) is 46.8 Å². The molecule has 2 N–H and O–H groups in total. The molecule has 2 heterocycles. The second kappa shape index (κ2) is 7.80. The van der Waals surface area contributed by atoms with Crippen molar-refractivity contribution in [1.29, 1.82) is 0 Å². The number of aliphatic imine (C=N–C) groups is 1. The quantitative estimate of drug-likeness (QED) is 0.740. The number of amides is 1. The molecule has 1 amide bonds. The lowest BCUT2D eigenvalue weighted by molar-refractivity contribution is -0.128. The van der Waals surface area contributed by atoms with Gasteiger partial charge in [-0.25, -0.2) is 0 Å². The average Bonchev–Trinajstić information content (AvgIpc) is 3.08. The van der Waals surface area contributed by atoms with Crippen LogP contribution in [0.15, 0.2) is 29.3 Å². The first-order valence-corrected chi connectivity index (χ1v) is 7.61. The van der Waals surface area contributed by atoms with Crippen molar-refractivity contribution in [3.63, 3.8) is 0 Å². The number of hydrogen-bond acceptors (Lipinski definition) is 4. The molecule has 0 aliphatic carbocycles. The van der Waals surface area contributed by atoms with Crippen LogP contribution in [0.1, 0.15) is 30.9 Å². The topological polar surface area (TPSA) is 56.7 Å². The maximum atomic E-state index is 11.6. The van der Waals surface area contributed by atoms with E-state index in [1.54, 1.807) is 0 Å². The van der Waals surface area contributed by atoms with Crippen molar-refractivity contribution in [1.82, 2.24) is 15.5 Å². The minimum atomic E-state index is 0. The lowest BCUT2D eigenvalue weighted by atomic mass is 10.1. The Hall–Kier alpha value is -1.31. The molecule has 1 aromatic rings. The SMILES string of the molecule is CC1CN=C(NCc2ccc(CN3CCCC3=O)cc2)N1.I. The first kappa shape index (κ1) is 17.1. The second-order valence-corrected chi connectivity index (χ2v) is 5.82. The fourth-order valence-corrected chi connectivity index (χ4v) is 2.70. The van der Waals surface area contributed by atoms with Crippen LogP contribution in [-0.2, 0) is 17.9 Å². The standard InChI is InChI=1S/C16H22N4O.HI/c1-12-9-17-16(19-12)18-10-13-4-6-14(7-5-13)11-20-8-2-3-15(20)21;/h4-7,12H,2-3,8-11H2,1H3,(H2,17,18,19);1H. The molecule has 0 spiro atoms. The average molecular weight is 414 g/mol. The molecule has 1 saturated heterocycles. The number of likely N-dealkylation sites (tertiary alicyclic amines) is 1. The Morgan fingerprint density at radius 1 is 1.32 bits per heavy atom. The summed E-state index contributed by atoms with van der Waals surface area (Å²) in [5, 5.41) is 6.59. The van der Waals surface area contributed by atoms with Gasteiger partial charge in [0.2, 0.25) is 5.91 Å². The van der Waals surface area contributed by atoms with E-state index in [1.807, 2.05) is 4.90 Å². The van der Waals surface area contributed by atoms with E-state index in [9.17, 15) is 4.79 Å². The zero-order chi connectivity index (χ0) is 14.7. The van der Waals surface area contributed by atoms with Crippen molar-refractivity contribution in [2.75, 3.05) is 13.1 Å². The highest BCUT2D eigenvalue weighted by Crippen LogP contribution is 2.14. The molecule has 1 atom stereocenters. The van der Waals surface area contributed by atoms with E-state index >= 15 is 0 Å². The summed E-state index contributed by atoms with van der Waals surface area (Å²) in [7, 11) is 0. The molecule has 5 nitrogen and oxygen atoms in total. The maximum absolute atomic E-state index is 11.6. The van der Waals surface area contributed by atoms with Crippen molar-refractivity contribution in [3.8, 4) is 0 Å². The molecular weight excluding hydrogens is 391 g/mol. The van der Waals surface area contributed by atoms with Crippen LogP contribution in [-0.4, -0.2) is 35.9 Å². The highest BCUT2D eigenvalue weighted by molar-refractivity contribution is 14.0. The highest BCUT2D eigenvalue weighted by Gasteiger charge is 2.19. The van der Waals surface area contributed by atoms with Crippen LogP contribution in [0.2, 0.25) is 0 Å². The third-order valence-corrected chi connectivity index (χ3v) is 3.93. The van der Waals surface area contributed by atoms with E-state index in [0.717, 1.165) is 38.6 Å². The molecule has 1 unspecified atom stereocenters. The predicted octanol–water partition coefficient (Wildman–Crippen LogP) is 1.86. The van der Waals surface area contributed by atoms with E-state index in [1.165, 1.54) is 11.1 Å². The number of carbonyl (C=O) groups excluding carboxylic acids is 1. The summed E-state index contributed by atoms with van der Waals surface area (Å²) in [6.45, 7) is 5.35. The summed E-state index contributed by atoms with van der Waals surface area (Å²) < 4.78 is 0. The summed E-state index contributed by atoms with van der Waals surface area (Å²) in [5.41, 5.74) is 2.41. The molecule has 1 aromatic carbocycles. The van der Waals surface area contributed by atoms with E-state index in [4.69, 9.17) is 0 Å². The number of nitrogens with zero attached hydrogens (tertiary/aromatic N) is 2. The van der Waals surface area contributed by atoms with Crippen LogP contribution >= 0.6 is 24.0 Å². The number of guanidine groups is 1. The van der Waals surface area contributed by atoms with Crippen molar-refractivity contribution in [2.45, 2.75) is 38.9 Å². The molecule has 6 heteroatoms. The Balaban J connectivity index is 0.00000176. The van der Waals surface area contributed by atoms with Crippen LogP contribution in [0.25, 0.3) is 0 Å². The van der Waals surface area contributed by atoms with Gasteiger partial charge < -0.3 is 15.5 Å². The molecule has 3 rings (SSSR count). The molecule has 0 aromatic heterocycles. The third-order valence-electron chi connectivity index (χ3n) is 3.93. The Morgan fingerprint density at radius 2 is 2.05 bits per heavy atom. The molecule has 1 fully saturated rings. The minimum Gasteiger partial charge on any atom is -0.352 e. The van der Waals surface area contributed by atoms with E-state index < -0.39 is 0 Å². The van der Waals surface area contributed by atoms with Crippen LogP contribution in [0.4, 0.5) is 0 Å². The molecule has 0 bridgehead atoms. The number of benzene rings is 1. The zero-order valence-corrected chi connectivity index (χ0v) is 15.2. The van der Waals surface area contributed by atoms with Gasteiger partial charge in [0.25, 0.3) is 0 Å². The lowest BCUT2D eigenvalue weighted by Crippen LogP contribution is -2.37. The summed E-state index contributed by atoms with van der Waals surface area (Å²) in [5.74, 6) is 1.16. The van der Waals surface area contributed by atoms with Crippen molar-refractivity contribution >= 4 is 35.8 Å². The maximum Gasteiger partial charge on any atom is 0.222 e. The van der Waals surface area contributed by atoms with Gasteiger partial charge in [-0.05, 0) is 24.5 Å². The normalized spacial score (nSPS) is 20.4. The van der Waals surface area contributed by atoms with E-state index in [0.29, 0.717) is 12.5 Å². The van der Waals surface area contributed by atoms with Gasteiger partial charge in [0.05, 0.1) is 6.54 Å². The van der Waals surface area contributed by atoms with Crippen LogP contribution in [0, 0.1) is 0 Å². The Bertz CT molecular complexity index is 544. The zero-order valence-electron chi connectivity index (χ0n) is 12.8. The second-order valence-electron chi connectivity index (χ2n) is 5.82. The smallest absolute Gasteiger partial charge is 0.222 e. The Morgan fingerprint density at radius 3 is 2.64 bits per heavy atom. The number of halogens is 1. The van der Waals surface area contributed by atoms with Gasteiger partial charge in [0.15, 0.2) is 5.96 Å². The van der Waals surface area contributed by atoms with Gasteiger partial charge in [-0.3, -0.25) is 9.79 Å². The molecule has 0 radical (unpaired) electrons. The molecule has 22 heavy (non-hydrogen) atoms. The summed E-state index contributed by atoms with van der Waals surface area (Å²) in [6, 6.07) is 8.86. The molecule has 0 saturated carbocycles. The fraction of sp³-hybridized carbons (Fsp3) is 0.500. The Labute approximate surface area is 148 Å². The number of rotatable bonds is 4. The first-order chi connectivity index (χ1) is 10.2. The summed E-state index contributed by atoms with van der Waals surface area (Å²) in [4.78, 5) is 17.9. The number of hydrogen-bond donors (Lipinski definition) is 2. The van der Waals surface area contributed by atoms with Crippen LogP contribution in [0.5, 0.6) is 0 Å². The summed E-state index contributed by atoms with van der Waals surface area (Å²) in [6.07, 6.45) is 1.70. The van der Waals surface area contributed by atoms with Gasteiger partial charge in [-0.15, -0.1) is 24.0 Å². The summed E-state index contributed by atoms with van der Waals surface area (Å²) >= 11 is 0.